The van der Waals surface area contributed by atoms with Crippen molar-refractivity contribution in [2.75, 3.05) is 16.0 Å². The third-order valence-corrected chi connectivity index (χ3v) is 3.97. The van der Waals surface area contributed by atoms with Gasteiger partial charge in [0.15, 0.2) is 0 Å². The molecule has 3 aromatic rings. The monoisotopic (exact) mass is 465 g/mol. The second-order valence-corrected chi connectivity index (χ2v) is 6.62. The smallest absolute Gasteiger partial charge is 0.211 e. The van der Waals surface area contributed by atoms with Crippen LogP contribution in [0.2, 0.25) is 15.1 Å². The van der Waals surface area contributed by atoms with Crippen molar-refractivity contribution in [1.82, 2.24) is 0 Å². The fourth-order valence-electron chi connectivity index (χ4n) is 1.84. The van der Waals surface area contributed by atoms with Gasteiger partial charge in [-0.05, 0) is 72.8 Å². The van der Waals surface area contributed by atoms with Crippen LogP contribution in [0.15, 0.2) is 72.8 Å². The van der Waals surface area contributed by atoms with Gasteiger partial charge < -0.3 is 16.0 Å². The van der Waals surface area contributed by atoms with Gasteiger partial charge in [-0.25, -0.2) is 0 Å². The summed E-state index contributed by atoms with van der Waals surface area (Å²) in [6, 6.07) is 20.7. The van der Waals surface area contributed by atoms with Crippen LogP contribution < -0.4 is 16.0 Å². The molecule has 0 aromatic heterocycles. The Bertz CT molecular complexity index is 781. The molecule has 0 spiro atoms. The van der Waals surface area contributed by atoms with Crippen LogP contribution >= 0.6 is 34.8 Å². The Morgan fingerprint density at radius 3 is 0.800 bits per heavy atom. The van der Waals surface area contributed by atoms with E-state index in [9.17, 15) is 14.4 Å². The van der Waals surface area contributed by atoms with Crippen LogP contribution in [0.3, 0.4) is 0 Å². The quantitative estimate of drug-likeness (QED) is 0.406. The summed E-state index contributed by atoms with van der Waals surface area (Å²) in [5.74, 6) is 0. The summed E-state index contributed by atoms with van der Waals surface area (Å²) in [4.78, 5) is 29.7. The molecule has 3 amide bonds. The number of carbonyl (C=O) groups is 3. The van der Waals surface area contributed by atoms with Crippen molar-refractivity contribution in [3.63, 3.8) is 0 Å². The highest BCUT2D eigenvalue weighted by atomic mass is 35.5. The summed E-state index contributed by atoms with van der Waals surface area (Å²) in [6.07, 6.45) is 1.88. The maximum atomic E-state index is 9.92. The van der Waals surface area contributed by atoms with Crippen molar-refractivity contribution in [2.45, 2.75) is 0 Å². The average molecular weight is 467 g/mol. The molecule has 9 heteroatoms. The third-order valence-electron chi connectivity index (χ3n) is 3.21. The molecule has 156 valence electrons. The SMILES string of the molecule is O=CNc1ccc(Cl)cc1.O=CNc1ccc(Cl)cc1.O=CNc1ccc(Cl)cc1. The van der Waals surface area contributed by atoms with Crippen LogP contribution in [0.5, 0.6) is 0 Å². The maximum Gasteiger partial charge on any atom is 0.211 e. The summed E-state index contributed by atoms with van der Waals surface area (Å²) in [7, 11) is 0. The zero-order valence-electron chi connectivity index (χ0n) is 15.5. The van der Waals surface area contributed by atoms with Gasteiger partial charge in [-0.2, -0.15) is 0 Å². The minimum absolute atomic E-state index is 0.628. The number of benzene rings is 3. The number of halogens is 3. The average Bonchev–Trinajstić information content (AvgIpc) is 2.75. The van der Waals surface area contributed by atoms with Gasteiger partial charge in [0, 0.05) is 32.1 Å². The zero-order valence-corrected chi connectivity index (χ0v) is 17.8. The highest BCUT2D eigenvalue weighted by Gasteiger charge is 1.89. The first-order valence-electron chi connectivity index (χ1n) is 8.35. The van der Waals surface area contributed by atoms with E-state index in [1.807, 2.05) is 0 Å². The molecule has 0 atom stereocenters. The lowest BCUT2D eigenvalue weighted by atomic mass is 10.3. The van der Waals surface area contributed by atoms with Gasteiger partial charge >= 0.3 is 0 Å². The number of carbonyl (C=O) groups excluding carboxylic acids is 3. The van der Waals surface area contributed by atoms with Crippen molar-refractivity contribution in [1.29, 1.82) is 0 Å². The lowest BCUT2D eigenvalue weighted by Crippen LogP contribution is -1.91. The topological polar surface area (TPSA) is 87.3 Å². The van der Waals surface area contributed by atoms with E-state index in [0.717, 1.165) is 17.1 Å². The molecule has 0 saturated heterocycles. The van der Waals surface area contributed by atoms with Crippen molar-refractivity contribution >= 4 is 71.1 Å². The predicted molar refractivity (Wildman–Crippen MR) is 123 cm³/mol. The van der Waals surface area contributed by atoms with Crippen molar-refractivity contribution in [3.8, 4) is 0 Å². The Hall–Kier alpha value is -3.06. The van der Waals surface area contributed by atoms with E-state index < -0.39 is 0 Å². The molecule has 0 radical (unpaired) electrons. The molecule has 0 aliphatic carbocycles. The van der Waals surface area contributed by atoms with E-state index in [2.05, 4.69) is 16.0 Å². The molecule has 3 aromatic carbocycles. The Morgan fingerprint density at radius 2 is 0.633 bits per heavy atom. The van der Waals surface area contributed by atoms with Crippen LogP contribution in [-0.2, 0) is 14.4 Å². The van der Waals surface area contributed by atoms with Gasteiger partial charge in [0.25, 0.3) is 0 Å². The molecule has 0 fully saturated rings. The van der Waals surface area contributed by atoms with Crippen molar-refractivity contribution in [3.05, 3.63) is 87.9 Å². The van der Waals surface area contributed by atoms with Gasteiger partial charge in [0.2, 0.25) is 19.2 Å². The fourth-order valence-corrected chi connectivity index (χ4v) is 2.22. The third kappa shape index (κ3) is 11.1. The number of hydrogen-bond donors (Lipinski definition) is 3. The molecule has 0 bridgehead atoms. The molecule has 0 aliphatic rings. The fraction of sp³-hybridized carbons (Fsp3) is 0. The minimum Gasteiger partial charge on any atom is -0.329 e. The Labute approximate surface area is 189 Å². The van der Waals surface area contributed by atoms with E-state index in [1.54, 1.807) is 72.8 Å². The summed E-state index contributed by atoms with van der Waals surface area (Å²) < 4.78 is 0. The number of hydrogen-bond acceptors (Lipinski definition) is 3. The van der Waals surface area contributed by atoms with Gasteiger partial charge in [-0.15, -0.1) is 0 Å². The van der Waals surface area contributed by atoms with Crippen LogP contribution in [0, 0.1) is 0 Å². The highest BCUT2D eigenvalue weighted by Crippen LogP contribution is 2.13. The summed E-state index contributed by atoms with van der Waals surface area (Å²) in [5.41, 5.74) is 2.25. The molecule has 0 saturated carbocycles. The predicted octanol–water partition coefficient (Wildman–Crippen LogP) is 5.72. The van der Waals surface area contributed by atoms with E-state index in [4.69, 9.17) is 34.8 Å². The normalized spacial score (nSPS) is 8.90. The molecule has 0 aliphatic heterocycles. The van der Waals surface area contributed by atoms with E-state index in [0.29, 0.717) is 34.3 Å². The molecule has 0 unspecified atom stereocenters. The molecule has 0 heterocycles. The first-order valence-corrected chi connectivity index (χ1v) is 9.49. The maximum absolute atomic E-state index is 9.92. The van der Waals surface area contributed by atoms with E-state index in [-0.39, 0.29) is 0 Å². The molecular formula is C21H18Cl3N3O3. The largest absolute Gasteiger partial charge is 0.329 e. The van der Waals surface area contributed by atoms with Crippen LogP contribution in [0.1, 0.15) is 0 Å². The zero-order chi connectivity index (χ0) is 22.2. The van der Waals surface area contributed by atoms with Gasteiger partial charge in [0.1, 0.15) is 0 Å². The summed E-state index contributed by atoms with van der Waals surface area (Å²) in [6.45, 7) is 0. The van der Waals surface area contributed by atoms with Crippen LogP contribution in [-0.4, -0.2) is 19.2 Å². The van der Waals surface area contributed by atoms with E-state index >= 15 is 0 Å². The van der Waals surface area contributed by atoms with Crippen molar-refractivity contribution in [2.24, 2.45) is 0 Å². The van der Waals surface area contributed by atoms with E-state index in [1.165, 1.54) is 0 Å². The number of nitrogens with one attached hydrogen (secondary N) is 3. The Balaban J connectivity index is 0.000000225. The molecular weight excluding hydrogens is 449 g/mol. The Morgan fingerprint density at radius 1 is 0.433 bits per heavy atom. The first-order chi connectivity index (χ1) is 14.5. The summed E-state index contributed by atoms with van der Waals surface area (Å²) >= 11 is 16.8. The van der Waals surface area contributed by atoms with Crippen molar-refractivity contribution < 1.29 is 14.4 Å². The number of amides is 3. The second kappa shape index (κ2) is 14.9. The van der Waals surface area contributed by atoms with Gasteiger partial charge in [0.05, 0.1) is 0 Å². The number of rotatable bonds is 6. The highest BCUT2D eigenvalue weighted by molar-refractivity contribution is 6.31. The lowest BCUT2D eigenvalue weighted by Gasteiger charge is -1.95. The first kappa shape index (κ1) is 25.0. The molecule has 3 rings (SSSR count). The van der Waals surface area contributed by atoms with Gasteiger partial charge in [-0.1, -0.05) is 34.8 Å². The van der Waals surface area contributed by atoms with Crippen LogP contribution in [0.4, 0.5) is 17.1 Å². The second-order valence-electron chi connectivity index (χ2n) is 5.31. The molecule has 3 N–H and O–H groups in total. The van der Waals surface area contributed by atoms with Gasteiger partial charge in [-0.3, -0.25) is 14.4 Å². The van der Waals surface area contributed by atoms with Crippen LogP contribution in [0.25, 0.3) is 0 Å². The Kier molecular flexibility index (Phi) is 12.4. The molecule has 30 heavy (non-hydrogen) atoms. The number of anilines is 3. The minimum atomic E-state index is 0.628. The summed E-state index contributed by atoms with van der Waals surface area (Å²) in [5, 5.41) is 9.48. The lowest BCUT2D eigenvalue weighted by molar-refractivity contribution is -0.106. The molecule has 6 nitrogen and oxygen atoms in total. The standard InChI is InChI=1S/3C7H6ClNO/c3*8-6-1-3-7(4-2-6)9-5-10/h3*1-5H,(H,9,10).